The van der Waals surface area contributed by atoms with Gasteiger partial charge in [-0.15, -0.1) is 0 Å². The van der Waals surface area contributed by atoms with Gasteiger partial charge in [0.25, 0.3) is 5.91 Å². The molecule has 1 aliphatic heterocycles. The predicted octanol–water partition coefficient (Wildman–Crippen LogP) is 1.14. The molecule has 0 bridgehead atoms. The van der Waals surface area contributed by atoms with E-state index in [0.717, 1.165) is 24.4 Å². The van der Waals surface area contributed by atoms with Crippen molar-refractivity contribution in [2.75, 3.05) is 13.1 Å². The van der Waals surface area contributed by atoms with E-state index in [-0.39, 0.29) is 5.91 Å². The smallest absolute Gasteiger partial charge is 0.274 e. The summed E-state index contributed by atoms with van der Waals surface area (Å²) in [7, 11) is 0. The Morgan fingerprint density at radius 2 is 2.32 bits per heavy atom. The number of aromatic nitrogens is 4. The van der Waals surface area contributed by atoms with Crippen LogP contribution in [0.4, 0.5) is 0 Å². The van der Waals surface area contributed by atoms with Gasteiger partial charge in [-0.2, -0.15) is 5.10 Å². The minimum Gasteiger partial charge on any atom is -0.337 e. The second kappa shape index (κ2) is 4.79. The SMILES string of the molecule is Cc1cnc(C(=O)N2CC[C@@H](c3ccn[nH]3)C2)cn1. The summed E-state index contributed by atoms with van der Waals surface area (Å²) in [6.07, 6.45) is 5.86. The molecule has 98 valence electrons. The van der Waals surface area contributed by atoms with Crippen LogP contribution in [0.5, 0.6) is 0 Å². The third-order valence-electron chi connectivity index (χ3n) is 3.44. The van der Waals surface area contributed by atoms with Gasteiger partial charge >= 0.3 is 0 Å². The van der Waals surface area contributed by atoms with Crippen LogP contribution in [0.1, 0.15) is 34.2 Å². The molecule has 6 nitrogen and oxygen atoms in total. The first-order chi connectivity index (χ1) is 9.24. The zero-order valence-electron chi connectivity index (χ0n) is 10.7. The number of H-pyrrole nitrogens is 1. The normalized spacial score (nSPS) is 18.8. The number of likely N-dealkylation sites (tertiary alicyclic amines) is 1. The molecule has 1 aliphatic rings. The lowest BCUT2D eigenvalue weighted by molar-refractivity contribution is 0.0784. The lowest BCUT2D eigenvalue weighted by atomic mass is 10.1. The topological polar surface area (TPSA) is 74.8 Å². The van der Waals surface area contributed by atoms with Crippen molar-refractivity contribution >= 4 is 5.91 Å². The molecule has 1 fully saturated rings. The molecule has 2 aromatic heterocycles. The molecule has 0 spiro atoms. The Bertz CT molecular complexity index is 563. The molecule has 6 heteroatoms. The highest BCUT2D eigenvalue weighted by Gasteiger charge is 2.29. The van der Waals surface area contributed by atoms with Crippen LogP contribution >= 0.6 is 0 Å². The van der Waals surface area contributed by atoms with Crippen molar-refractivity contribution in [1.29, 1.82) is 0 Å². The van der Waals surface area contributed by atoms with Crippen LogP contribution in [-0.4, -0.2) is 44.1 Å². The number of nitrogens with zero attached hydrogens (tertiary/aromatic N) is 4. The highest BCUT2D eigenvalue weighted by Crippen LogP contribution is 2.26. The van der Waals surface area contributed by atoms with Crippen LogP contribution in [0.25, 0.3) is 0 Å². The molecular weight excluding hydrogens is 242 g/mol. The van der Waals surface area contributed by atoms with Gasteiger partial charge in [0.1, 0.15) is 5.69 Å². The second-order valence-electron chi connectivity index (χ2n) is 4.79. The zero-order chi connectivity index (χ0) is 13.2. The fraction of sp³-hybridized carbons (Fsp3) is 0.385. The summed E-state index contributed by atoms with van der Waals surface area (Å²) in [5, 5.41) is 6.92. The molecule has 3 heterocycles. The number of aromatic amines is 1. The van der Waals surface area contributed by atoms with Gasteiger partial charge in [0, 0.05) is 37.1 Å². The largest absolute Gasteiger partial charge is 0.337 e. The molecule has 0 radical (unpaired) electrons. The van der Waals surface area contributed by atoms with Gasteiger partial charge in [0.05, 0.1) is 11.9 Å². The minimum absolute atomic E-state index is 0.0467. The summed E-state index contributed by atoms with van der Waals surface area (Å²) < 4.78 is 0. The molecule has 1 atom stereocenters. The summed E-state index contributed by atoms with van der Waals surface area (Å²) in [4.78, 5) is 22.3. The maximum absolute atomic E-state index is 12.3. The standard InChI is InChI=1S/C13H15N5O/c1-9-6-15-12(7-14-9)13(19)18-5-3-10(8-18)11-2-4-16-17-11/h2,4,6-7,10H,3,5,8H2,1H3,(H,16,17)/t10-/m1/s1. The van der Waals surface area contributed by atoms with Crippen LogP contribution in [0.3, 0.4) is 0 Å². The molecule has 1 saturated heterocycles. The van der Waals surface area contributed by atoms with Gasteiger partial charge in [0.15, 0.2) is 0 Å². The van der Waals surface area contributed by atoms with Crippen molar-refractivity contribution in [2.24, 2.45) is 0 Å². The van der Waals surface area contributed by atoms with E-state index in [4.69, 9.17) is 0 Å². The van der Waals surface area contributed by atoms with E-state index in [1.807, 2.05) is 17.9 Å². The maximum Gasteiger partial charge on any atom is 0.274 e. The highest BCUT2D eigenvalue weighted by atomic mass is 16.2. The van der Waals surface area contributed by atoms with E-state index >= 15 is 0 Å². The lowest BCUT2D eigenvalue weighted by Crippen LogP contribution is -2.29. The number of nitrogens with one attached hydrogen (secondary N) is 1. The number of carbonyl (C=O) groups excluding carboxylic acids is 1. The van der Waals surface area contributed by atoms with Crippen LogP contribution < -0.4 is 0 Å². The number of hydrogen-bond acceptors (Lipinski definition) is 4. The Kier molecular flexibility index (Phi) is 2.98. The summed E-state index contributed by atoms with van der Waals surface area (Å²) in [5.74, 6) is 0.291. The Morgan fingerprint density at radius 1 is 1.42 bits per heavy atom. The van der Waals surface area contributed by atoms with Gasteiger partial charge in [-0.3, -0.25) is 14.9 Å². The van der Waals surface area contributed by atoms with Crippen LogP contribution in [0.15, 0.2) is 24.7 Å². The summed E-state index contributed by atoms with van der Waals surface area (Å²) in [6, 6.07) is 1.96. The second-order valence-corrected chi connectivity index (χ2v) is 4.79. The van der Waals surface area contributed by atoms with E-state index in [1.54, 1.807) is 18.6 Å². The van der Waals surface area contributed by atoms with Crippen molar-refractivity contribution < 1.29 is 4.79 Å². The van der Waals surface area contributed by atoms with Gasteiger partial charge in [-0.25, -0.2) is 4.98 Å². The Balaban J connectivity index is 1.71. The van der Waals surface area contributed by atoms with Gasteiger partial charge in [0.2, 0.25) is 0 Å². The summed E-state index contributed by atoms with van der Waals surface area (Å²) in [6.45, 7) is 3.31. The van der Waals surface area contributed by atoms with Gasteiger partial charge in [-0.1, -0.05) is 0 Å². The Hall–Kier alpha value is -2.24. The minimum atomic E-state index is -0.0467. The molecule has 0 aliphatic carbocycles. The number of hydrogen-bond donors (Lipinski definition) is 1. The number of amides is 1. The molecule has 0 saturated carbocycles. The van der Waals surface area contributed by atoms with E-state index in [9.17, 15) is 4.79 Å². The van der Waals surface area contributed by atoms with E-state index in [0.29, 0.717) is 18.2 Å². The molecule has 19 heavy (non-hydrogen) atoms. The number of rotatable bonds is 2. The molecule has 0 aromatic carbocycles. The highest BCUT2D eigenvalue weighted by molar-refractivity contribution is 5.92. The first-order valence-corrected chi connectivity index (χ1v) is 6.31. The third kappa shape index (κ3) is 2.33. The van der Waals surface area contributed by atoms with Crippen molar-refractivity contribution in [1.82, 2.24) is 25.1 Å². The van der Waals surface area contributed by atoms with Gasteiger partial charge < -0.3 is 4.90 Å². The van der Waals surface area contributed by atoms with Crippen molar-refractivity contribution in [2.45, 2.75) is 19.3 Å². The number of aryl methyl sites for hydroxylation is 1. The average Bonchev–Trinajstić information content (AvgIpc) is 3.10. The predicted molar refractivity (Wildman–Crippen MR) is 68.6 cm³/mol. The van der Waals surface area contributed by atoms with E-state index in [1.165, 1.54) is 0 Å². The first kappa shape index (κ1) is 11.8. The first-order valence-electron chi connectivity index (χ1n) is 6.31. The van der Waals surface area contributed by atoms with Crippen LogP contribution in [0.2, 0.25) is 0 Å². The molecule has 2 aromatic rings. The Labute approximate surface area is 110 Å². The molecular formula is C13H15N5O. The average molecular weight is 257 g/mol. The van der Waals surface area contributed by atoms with E-state index < -0.39 is 0 Å². The molecule has 1 amide bonds. The third-order valence-corrected chi connectivity index (χ3v) is 3.44. The summed E-state index contributed by atoms with van der Waals surface area (Å²) in [5.41, 5.74) is 2.31. The monoisotopic (exact) mass is 257 g/mol. The van der Waals surface area contributed by atoms with Crippen LogP contribution in [0, 0.1) is 6.92 Å². The molecule has 0 unspecified atom stereocenters. The number of carbonyl (C=O) groups is 1. The maximum atomic E-state index is 12.3. The Morgan fingerprint density at radius 3 is 3.00 bits per heavy atom. The van der Waals surface area contributed by atoms with Crippen LogP contribution in [-0.2, 0) is 0 Å². The fourth-order valence-electron chi connectivity index (χ4n) is 2.36. The quantitative estimate of drug-likeness (QED) is 0.875. The van der Waals surface area contributed by atoms with Crippen molar-refractivity contribution in [3.8, 4) is 0 Å². The van der Waals surface area contributed by atoms with Gasteiger partial charge in [-0.05, 0) is 19.4 Å². The molecule has 1 N–H and O–H groups in total. The van der Waals surface area contributed by atoms with Crippen molar-refractivity contribution in [3.63, 3.8) is 0 Å². The van der Waals surface area contributed by atoms with E-state index in [2.05, 4.69) is 20.2 Å². The van der Waals surface area contributed by atoms with Crippen molar-refractivity contribution in [3.05, 3.63) is 41.7 Å². The zero-order valence-corrected chi connectivity index (χ0v) is 10.7. The lowest BCUT2D eigenvalue weighted by Gasteiger charge is -2.15. The summed E-state index contributed by atoms with van der Waals surface area (Å²) >= 11 is 0. The molecule has 3 rings (SSSR count). The fourth-order valence-corrected chi connectivity index (χ4v) is 2.36.